The SMILES string of the molecule is c1ccc(-c2cccc(-c3ccc(-c4cccc5c4oc4c(-c6ccccc6)ccc(-c6nc(-c7ccccc7)c7ccccc7n6)c45)cc3)c2)cc1. The molecule has 0 amide bonds. The fraction of sp³-hybridized carbons (Fsp3) is 0. The summed E-state index contributed by atoms with van der Waals surface area (Å²) >= 11 is 0. The van der Waals surface area contributed by atoms with Gasteiger partial charge in [-0.3, -0.25) is 0 Å². The van der Waals surface area contributed by atoms with Gasteiger partial charge in [0.05, 0.1) is 11.2 Å². The van der Waals surface area contributed by atoms with Gasteiger partial charge in [-0.05, 0) is 57.6 Å². The first-order valence-electron chi connectivity index (χ1n) is 17.9. The van der Waals surface area contributed by atoms with Crippen LogP contribution in [0, 0.1) is 0 Å². The lowest BCUT2D eigenvalue weighted by atomic mass is 9.95. The average Bonchev–Trinajstić information content (AvgIpc) is 3.64. The molecule has 10 rings (SSSR count). The number of hydrogen-bond donors (Lipinski definition) is 0. The largest absolute Gasteiger partial charge is 0.455 e. The van der Waals surface area contributed by atoms with Crippen LogP contribution in [0.25, 0.3) is 100.0 Å². The van der Waals surface area contributed by atoms with Crippen LogP contribution in [0.5, 0.6) is 0 Å². The van der Waals surface area contributed by atoms with E-state index in [2.05, 4.69) is 170 Å². The van der Waals surface area contributed by atoms with E-state index in [1.165, 1.54) is 22.3 Å². The zero-order valence-electron chi connectivity index (χ0n) is 28.8. The van der Waals surface area contributed by atoms with Crippen LogP contribution in [0.15, 0.2) is 199 Å². The number of furan rings is 1. The summed E-state index contributed by atoms with van der Waals surface area (Å²) in [6, 6.07) is 67.8. The fourth-order valence-corrected chi connectivity index (χ4v) is 7.52. The van der Waals surface area contributed by atoms with E-state index in [4.69, 9.17) is 14.4 Å². The van der Waals surface area contributed by atoms with Gasteiger partial charge < -0.3 is 4.42 Å². The third-order valence-corrected chi connectivity index (χ3v) is 10.1. The molecule has 3 heteroatoms. The molecular formula is C50H32N2O. The van der Waals surface area contributed by atoms with Crippen molar-refractivity contribution >= 4 is 32.8 Å². The predicted molar refractivity (Wildman–Crippen MR) is 219 cm³/mol. The second kappa shape index (κ2) is 12.9. The summed E-state index contributed by atoms with van der Waals surface area (Å²) in [5.41, 5.74) is 14.5. The van der Waals surface area contributed by atoms with E-state index in [9.17, 15) is 0 Å². The van der Waals surface area contributed by atoms with Crippen LogP contribution in [0.4, 0.5) is 0 Å². The van der Waals surface area contributed by atoms with Crippen LogP contribution >= 0.6 is 0 Å². The Bertz CT molecular complexity index is 2910. The van der Waals surface area contributed by atoms with Crippen molar-refractivity contribution in [2.24, 2.45) is 0 Å². The first-order chi connectivity index (χ1) is 26.3. The number of para-hydroxylation sites is 2. The smallest absolute Gasteiger partial charge is 0.161 e. The standard InChI is InChI=1S/C50H32N2O/c1-4-14-33(15-5-1)38-20-12-21-39(32-38)34-26-28-36(29-27-34)40-23-13-24-43-46-44(31-30-41(49(46)53-48(40)43)35-16-6-2-7-17-35)50-51-45-25-11-10-22-42(45)47(52-50)37-18-8-3-9-19-37/h1-32H. The fourth-order valence-electron chi connectivity index (χ4n) is 7.52. The maximum atomic E-state index is 7.01. The molecule has 0 bridgehead atoms. The van der Waals surface area contributed by atoms with E-state index in [1.54, 1.807) is 0 Å². The van der Waals surface area contributed by atoms with Gasteiger partial charge in [-0.25, -0.2) is 9.97 Å². The highest BCUT2D eigenvalue weighted by Crippen LogP contribution is 2.44. The van der Waals surface area contributed by atoms with Crippen LogP contribution < -0.4 is 0 Å². The molecule has 0 aliphatic carbocycles. The third kappa shape index (κ3) is 5.47. The summed E-state index contributed by atoms with van der Waals surface area (Å²) in [5, 5.41) is 3.06. The van der Waals surface area contributed by atoms with Gasteiger partial charge in [-0.1, -0.05) is 170 Å². The number of nitrogens with zero attached hydrogens (tertiary/aromatic N) is 2. The van der Waals surface area contributed by atoms with Crippen molar-refractivity contribution in [1.29, 1.82) is 0 Å². The molecule has 0 aliphatic rings. The molecule has 0 saturated heterocycles. The van der Waals surface area contributed by atoms with E-state index in [0.717, 1.165) is 71.9 Å². The molecule has 0 fully saturated rings. The highest BCUT2D eigenvalue weighted by atomic mass is 16.3. The molecule has 0 spiro atoms. The van der Waals surface area contributed by atoms with E-state index in [1.807, 2.05) is 24.3 Å². The van der Waals surface area contributed by atoms with Crippen molar-refractivity contribution in [3.8, 4) is 67.2 Å². The highest BCUT2D eigenvalue weighted by Gasteiger charge is 2.22. The second-order valence-electron chi connectivity index (χ2n) is 13.3. The van der Waals surface area contributed by atoms with Crippen LogP contribution in [-0.4, -0.2) is 9.97 Å². The van der Waals surface area contributed by atoms with Crippen molar-refractivity contribution in [3.63, 3.8) is 0 Å². The van der Waals surface area contributed by atoms with Crippen LogP contribution in [0.3, 0.4) is 0 Å². The minimum Gasteiger partial charge on any atom is -0.455 e. The van der Waals surface area contributed by atoms with Gasteiger partial charge in [-0.2, -0.15) is 0 Å². The molecule has 0 N–H and O–H groups in total. The lowest BCUT2D eigenvalue weighted by molar-refractivity contribution is 0.671. The summed E-state index contributed by atoms with van der Waals surface area (Å²) in [6.45, 7) is 0. The molecule has 3 nitrogen and oxygen atoms in total. The van der Waals surface area contributed by atoms with Gasteiger partial charge >= 0.3 is 0 Å². The Balaban J connectivity index is 1.15. The quantitative estimate of drug-likeness (QED) is 0.176. The van der Waals surface area contributed by atoms with E-state index in [-0.39, 0.29) is 0 Å². The van der Waals surface area contributed by atoms with Crippen molar-refractivity contribution < 1.29 is 4.42 Å². The average molecular weight is 677 g/mol. The van der Waals surface area contributed by atoms with Crippen LogP contribution in [0.1, 0.15) is 0 Å². The summed E-state index contributed by atoms with van der Waals surface area (Å²) in [6.07, 6.45) is 0. The van der Waals surface area contributed by atoms with Gasteiger partial charge in [-0.15, -0.1) is 0 Å². The van der Waals surface area contributed by atoms with E-state index in [0.29, 0.717) is 5.82 Å². The van der Waals surface area contributed by atoms with Gasteiger partial charge in [0.2, 0.25) is 0 Å². The Hall–Kier alpha value is -7.10. The lowest BCUT2D eigenvalue weighted by Crippen LogP contribution is -1.96. The summed E-state index contributed by atoms with van der Waals surface area (Å²) in [7, 11) is 0. The van der Waals surface area contributed by atoms with Crippen molar-refractivity contribution in [2.45, 2.75) is 0 Å². The molecule has 0 unspecified atom stereocenters. The first kappa shape index (κ1) is 30.7. The summed E-state index contributed by atoms with van der Waals surface area (Å²) < 4.78 is 7.01. The minimum atomic E-state index is 0.669. The molecule has 248 valence electrons. The highest BCUT2D eigenvalue weighted by molar-refractivity contribution is 6.18. The molecule has 8 aromatic carbocycles. The summed E-state index contributed by atoms with van der Waals surface area (Å²) in [4.78, 5) is 10.4. The van der Waals surface area contributed by atoms with E-state index < -0.39 is 0 Å². The first-order valence-corrected chi connectivity index (χ1v) is 17.9. The number of benzene rings is 8. The van der Waals surface area contributed by atoms with Crippen molar-refractivity contribution in [1.82, 2.24) is 9.97 Å². The lowest BCUT2D eigenvalue weighted by Gasteiger charge is -2.11. The predicted octanol–water partition coefficient (Wildman–Crippen LogP) is 13.5. The molecule has 0 aliphatic heterocycles. The molecule has 0 radical (unpaired) electrons. The van der Waals surface area contributed by atoms with Crippen molar-refractivity contribution in [3.05, 3.63) is 194 Å². The van der Waals surface area contributed by atoms with Gasteiger partial charge in [0, 0.05) is 38.4 Å². The molecule has 2 aromatic heterocycles. The minimum absolute atomic E-state index is 0.669. The number of fused-ring (bicyclic) bond motifs is 4. The Kier molecular flexibility index (Phi) is 7.47. The van der Waals surface area contributed by atoms with Crippen LogP contribution in [0.2, 0.25) is 0 Å². The van der Waals surface area contributed by atoms with Crippen molar-refractivity contribution in [2.75, 3.05) is 0 Å². The number of aromatic nitrogens is 2. The molecule has 0 atom stereocenters. The van der Waals surface area contributed by atoms with Gasteiger partial charge in [0.1, 0.15) is 11.2 Å². The Morgan fingerprint density at radius 2 is 0.830 bits per heavy atom. The normalized spacial score (nSPS) is 11.4. The Labute approximate surface area is 307 Å². The zero-order valence-corrected chi connectivity index (χ0v) is 28.8. The molecule has 53 heavy (non-hydrogen) atoms. The maximum absolute atomic E-state index is 7.01. The van der Waals surface area contributed by atoms with E-state index >= 15 is 0 Å². The Morgan fingerprint density at radius 3 is 1.57 bits per heavy atom. The Morgan fingerprint density at radius 1 is 0.321 bits per heavy atom. The van der Waals surface area contributed by atoms with Crippen LogP contribution in [-0.2, 0) is 0 Å². The zero-order chi connectivity index (χ0) is 35.1. The maximum Gasteiger partial charge on any atom is 0.161 e. The second-order valence-corrected chi connectivity index (χ2v) is 13.3. The molecular weight excluding hydrogens is 645 g/mol. The topological polar surface area (TPSA) is 38.9 Å². The number of rotatable bonds is 6. The molecule has 10 aromatic rings. The molecule has 2 heterocycles. The van der Waals surface area contributed by atoms with Gasteiger partial charge in [0.25, 0.3) is 0 Å². The number of hydrogen-bond acceptors (Lipinski definition) is 3. The summed E-state index contributed by atoms with van der Waals surface area (Å²) in [5.74, 6) is 0.669. The monoisotopic (exact) mass is 676 g/mol. The van der Waals surface area contributed by atoms with Gasteiger partial charge in [0.15, 0.2) is 5.82 Å². The third-order valence-electron chi connectivity index (χ3n) is 10.1. The molecule has 0 saturated carbocycles.